The number of likely N-dealkylation sites (tertiary alicyclic amines) is 1. The van der Waals surface area contributed by atoms with Gasteiger partial charge in [0.05, 0.1) is 11.1 Å². The van der Waals surface area contributed by atoms with Crippen molar-refractivity contribution < 1.29 is 45.4 Å². The Morgan fingerprint density at radius 2 is 1.56 bits per heavy atom. The van der Waals surface area contributed by atoms with E-state index in [1.54, 1.807) is 11.8 Å². The van der Waals surface area contributed by atoms with Crippen LogP contribution >= 0.6 is 0 Å². The number of nitrogens with zero attached hydrogens (tertiary/aromatic N) is 2. The molecule has 1 heterocycles. The third-order valence-corrected chi connectivity index (χ3v) is 7.32. The minimum Gasteiger partial charge on any atom is -0.480 e. The highest BCUT2D eigenvalue weighted by Gasteiger charge is 2.44. The molecule has 1 saturated heterocycles. The SMILES string of the molecule is Cc1cc(F)ccc1C1CN(C(C)(C)C(=O)O)CCC1C(=O)N(C)Cc1cc(C(F)(F)F)cc(C(F)(F)F)c1. The first kappa shape index (κ1) is 30.4. The van der Waals surface area contributed by atoms with E-state index in [4.69, 9.17) is 0 Å². The van der Waals surface area contributed by atoms with Gasteiger partial charge in [0.15, 0.2) is 0 Å². The highest BCUT2D eigenvalue weighted by atomic mass is 19.4. The Kier molecular flexibility index (Phi) is 8.40. The summed E-state index contributed by atoms with van der Waals surface area (Å²) in [4.78, 5) is 28.2. The number of amides is 1. The van der Waals surface area contributed by atoms with E-state index in [9.17, 15) is 45.4 Å². The summed E-state index contributed by atoms with van der Waals surface area (Å²) in [5.74, 6) is -3.47. The van der Waals surface area contributed by atoms with Gasteiger partial charge in [-0.2, -0.15) is 26.3 Å². The minimum absolute atomic E-state index is 0.0264. The number of alkyl halides is 6. The van der Waals surface area contributed by atoms with E-state index in [1.807, 2.05) is 0 Å². The summed E-state index contributed by atoms with van der Waals surface area (Å²) in [6, 6.07) is 5.20. The molecule has 3 rings (SSSR count). The Labute approximate surface area is 221 Å². The fraction of sp³-hybridized carbons (Fsp3) is 0.481. The minimum atomic E-state index is -5.02. The van der Waals surface area contributed by atoms with Gasteiger partial charge in [-0.25, -0.2) is 4.39 Å². The lowest BCUT2D eigenvalue weighted by atomic mass is 9.77. The first-order chi connectivity index (χ1) is 17.8. The monoisotopic (exact) mass is 562 g/mol. The quantitative estimate of drug-likeness (QED) is 0.433. The van der Waals surface area contributed by atoms with Crippen molar-refractivity contribution in [2.75, 3.05) is 20.1 Å². The molecule has 2 unspecified atom stereocenters. The van der Waals surface area contributed by atoms with Gasteiger partial charge in [0.1, 0.15) is 11.4 Å². The maximum absolute atomic E-state index is 13.8. The van der Waals surface area contributed by atoms with Gasteiger partial charge in [-0.15, -0.1) is 0 Å². The molecule has 1 amide bonds. The predicted octanol–water partition coefficient (Wildman–Crippen LogP) is 6.10. The number of benzene rings is 2. The molecule has 1 aliphatic heterocycles. The summed E-state index contributed by atoms with van der Waals surface area (Å²) < 4.78 is 93.6. The average molecular weight is 563 g/mol. The number of hydrogen-bond donors (Lipinski definition) is 1. The van der Waals surface area contributed by atoms with Crippen LogP contribution in [0.15, 0.2) is 36.4 Å². The van der Waals surface area contributed by atoms with Crippen LogP contribution in [0.25, 0.3) is 0 Å². The van der Waals surface area contributed by atoms with Crippen molar-refractivity contribution in [2.45, 2.75) is 57.5 Å². The van der Waals surface area contributed by atoms with Crippen LogP contribution in [0.3, 0.4) is 0 Å². The molecule has 12 heteroatoms. The number of rotatable bonds is 6. The second-order valence-electron chi connectivity index (χ2n) is 10.4. The Morgan fingerprint density at radius 1 is 1.00 bits per heavy atom. The largest absolute Gasteiger partial charge is 0.480 e. The van der Waals surface area contributed by atoms with Gasteiger partial charge >= 0.3 is 18.3 Å². The van der Waals surface area contributed by atoms with Crippen LogP contribution in [-0.2, 0) is 28.5 Å². The smallest absolute Gasteiger partial charge is 0.416 e. The summed E-state index contributed by atoms with van der Waals surface area (Å²) >= 11 is 0. The lowest BCUT2D eigenvalue weighted by Crippen LogP contribution is -2.56. The number of aliphatic carboxylic acids is 1. The Balaban J connectivity index is 1.95. The maximum atomic E-state index is 13.8. The summed E-state index contributed by atoms with van der Waals surface area (Å²) in [5, 5.41) is 9.70. The molecule has 0 spiro atoms. The second kappa shape index (κ2) is 10.8. The molecule has 2 aromatic rings. The van der Waals surface area contributed by atoms with Crippen LogP contribution in [0.5, 0.6) is 0 Å². The van der Waals surface area contributed by atoms with Gasteiger partial charge in [-0.1, -0.05) is 6.07 Å². The zero-order valence-corrected chi connectivity index (χ0v) is 21.8. The van der Waals surface area contributed by atoms with Crippen LogP contribution in [0.2, 0.25) is 0 Å². The molecule has 0 aliphatic carbocycles. The van der Waals surface area contributed by atoms with E-state index in [0.29, 0.717) is 23.3 Å². The van der Waals surface area contributed by atoms with Gasteiger partial charge in [-0.05, 0) is 74.2 Å². The van der Waals surface area contributed by atoms with E-state index in [1.165, 1.54) is 39.1 Å². The highest BCUT2D eigenvalue weighted by Crippen LogP contribution is 2.39. The number of carboxylic acid groups (broad SMARTS) is 1. The van der Waals surface area contributed by atoms with Crippen LogP contribution in [0.1, 0.15) is 54.0 Å². The van der Waals surface area contributed by atoms with Gasteiger partial charge in [-0.3, -0.25) is 14.5 Å². The summed E-state index contributed by atoms with van der Waals surface area (Å²) in [7, 11) is 1.29. The number of carbonyl (C=O) groups excluding carboxylic acids is 1. The van der Waals surface area contributed by atoms with Crippen molar-refractivity contribution in [3.63, 3.8) is 0 Å². The molecule has 2 atom stereocenters. The number of hydrogen-bond acceptors (Lipinski definition) is 3. The summed E-state index contributed by atoms with van der Waals surface area (Å²) in [6.45, 7) is 4.50. The molecule has 1 N–H and O–H groups in total. The molecule has 0 radical (unpaired) electrons. The Hall–Kier alpha value is -3.15. The molecule has 1 fully saturated rings. The van der Waals surface area contributed by atoms with Crippen molar-refractivity contribution in [1.29, 1.82) is 0 Å². The molecule has 5 nitrogen and oxygen atoms in total. The van der Waals surface area contributed by atoms with Crippen molar-refractivity contribution >= 4 is 11.9 Å². The molecular formula is C27H29F7N2O3. The standard InChI is InChI=1S/C27H29F7N2O3/c1-15-9-19(28)5-6-20(15)22-14-36(25(2,3)24(38)39)8-7-21(22)23(37)35(4)13-16-10-17(26(29,30)31)12-18(11-16)27(32,33)34/h5-6,9-12,21-22H,7-8,13-14H2,1-4H3,(H,38,39). The second-order valence-corrected chi connectivity index (χ2v) is 10.4. The lowest BCUT2D eigenvalue weighted by molar-refractivity contribution is -0.151. The molecule has 0 saturated carbocycles. The number of aryl methyl sites for hydroxylation is 1. The van der Waals surface area contributed by atoms with Crippen molar-refractivity contribution in [3.8, 4) is 0 Å². The number of carboxylic acids is 1. The molecule has 0 bridgehead atoms. The van der Waals surface area contributed by atoms with E-state index in [-0.39, 0.29) is 31.1 Å². The van der Waals surface area contributed by atoms with Crippen LogP contribution < -0.4 is 0 Å². The third-order valence-electron chi connectivity index (χ3n) is 7.32. The number of carbonyl (C=O) groups is 2. The van der Waals surface area contributed by atoms with E-state index in [0.717, 1.165) is 4.90 Å². The van der Waals surface area contributed by atoms with E-state index in [2.05, 4.69) is 0 Å². The number of piperidine rings is 1. The van der Waals surface area contributed by atoms with Gasteiger partial charge in [0.2, 0.25) is 5.91 Å². The fourth-order valence-electron chi connectivity index (χ4n) is 5.01. The van der Waals surface area contributed by atoms with Crippen LogP contribution in [0, 0.1) is 18.7 Å². The fourth-order valence-corrected chi connectivity index (χ4v) is 5.01. The molecule has 39 heavy (non-hydrogen) atoms. The average Bonchev–Trinajstić information content (AvgIpc) is 2.81. The maximum Gasteiger partial charge on any atom is 0.416 e. The zero-order chi connectivity index (χ0) is 29.5. The van der Waals surface area contributed by atoms with E-state index < -0.39 is 65.1 Å². The first-order valence-electron chi connectivity index (χ1n) is 12.1. The van der Waals surface area contributed by atoms with Crippen LogP contribution in [0.4, 0.5) is 30.7 Å². The summed E-state index contributed by atoms with van der Waals surface area (Å²) in [6.07, 6.45) is -9.86. The molecule has 1 aliphatic rings. The van der Waals surface area contributed by atoms with Crippen molar-refractivity contribution in [2.24, 2.45) is 5.92 Å². The third kappa shape index (κ3) is 6.71. The molecule has 2 aromatic carbocycles. The highest BCUT2D eigenvalue weighted by molar-refractivity contribution is 5.80. The number of halogens is 7. The van der Waals surface area contributed by atoms with Crippen molar-refractivity contribution in [1.82, 2.24) is 9.80 Å². The zero-order valence-electron chi connectivity index (χ0n) is 21.8. The molecule has 0 aromatic heterocycles. The Bertz CT molecular complexity index is 1210. The topological polar surface area (TPSA) is 60.9 Å². The lowest BCUT2D eigenvalue weighted by Gasteiger charge is -2.45. The normalized spacial score (nSPS) is 19.2. The van der Waals surface area contributed by atoms with Gasteiger partial charge < -0.3 is 10.0 Å². The van der Waals surface area contributed by atoms with Gasteiger partial charge in [0.25, 0.3) is 0 Å². The summed E-state index contributed by atoms with van der Waals surface area (Å²) in [5.41, 5.74) is -3.44. The Morgan fingerprint density at radius 3 is 2.05 bits per heavy atom. The van der Waals surface area contributed by atoms with E-state index >= 15 is 0 Å². The predicted molar refractivity (Wildman–Crippen MR) is 128 cm³/mol. The van der Waals surface area contributed by atoms with Crippen molar-refractivity contribution in [3.05, 3.63) is 70.0 Å². The molecule has 214 valence electrons. The van der Waals surface area contributed by atoms with Crippen LogP contribution in [-0.4, -0.2) is 52.5 Å². The van der Waals surface area contributed by atoms with Gasteiger partial charge in [0, 0.05) is 38.5 Å². The molecular weight excluding hydrogens is 533 g/mol. The first-order valence-corrected chi connectivity index (χ1v) is 12.1.